The number of hydrogen-bond acceptors (Lipinski definition) is 3. The average molecular weight is 342 g/mol. The van der Waals surface area contributed by atoms with Crippen LogP contribution in [0.3, 0.4) is 0 Å². The fraction of sp³-hybridized carbons (Fsp3) is 0.167. The van der Waals surface area contributed by atoms with Crippen molar-refractivity contribution >= 4 is 34.9 Å². The van der Waals surface area contributed by atoms with Gasteiger partial charge in [-0.25, -0.2) is 4.79 Å². The van der Waals surface area contributed by atoms with E-state index >= 15 is 0 Å². The van der Waals surface area contributed by atoms with Crippen LogP contribution in [0.15, 0.2) is 36.4 Å². The number of amides is 1. The van der Waals surface area contributed by atoms with Crippen molar-refractivity contribution in [2.24, 2.45) is 0 Å². The number of hydrogen-bond donors (Lipinski definition) is 3. The summed E-state index contributed by atoms with van der Waals surface area (Å²) < 4.78 is 0. The Kier molecular flexibility index (Phi) is 5.31. The molecule has 0 spiro atoms. The molecule has 0 fully saturated rings. The summed E-state index contributed by atoms with van der Waals surface area (Å²) in [5.41, 5.74) is 4.15. The summed E-state index contributed by atoms with van der Waals surface area (Å²) in [6, 6.07) is 10.1. The van der Waals surface area contributed by atoms with Crippen LogP contribution in [0.1, 0.15) is 37.4 Å². The van der Waals surface area contributed by atoms with Crippen LogP contribution in [0.4, 0.5) is 5.69 Å². The molecular weight excluding hydrogens is 324 g/mol. The lowest BCUT2D eigenvalue weighted by Crippen LogP contribution is -2.34. The van der Waals surface area contributed by atoms with E-state index in [9.17, 15) is 9.59 Å². The van der Waals surface area contributed by atoms with Crippen molar-refractivity contribution in [1.82, 2.24) is 5.32 Å². The highest BCUT2D eigenvalue weighted by molar-refractivity contribution is 7.80. The van der Waals surface area contributed by atoms with Crippen LogP contribution in [0.5, 0.6) is 0 Å². The van der Waals surface area contributed by atoms with Gasteiger partial charge in [0.25, 0.3) is 5.91 Å². The zero-order chi connectivity index (χ0) is 17.9. The van der Waals surface area contributed by atoms with Gasteiger partial charge in [-0.3, -0.25) is 10.1 Å². The molecule has 0 bridgehead atoms. The molecule has 2 aromatic rings. The third-order valence-corrected chi connectivity index (χ3v) is 3.93. The predicted octanol–water partition coefficient (Wildman–Crippen LogP) is 3.44. The third-order valence-electron chi connectivity index (χ3n) is 3.73. The molecule has 1 amide bonds. The van der Waals surface area contributed by atoms with E-state index in [-0.39, 0.29) is 16.6 Å². The monoisotopic (exact) mass is 342 g/mol. The number of nitrogens with one attached hydrogen (secondary N) is 2. The van der Waals surface area contributed by atoms with E-state index in [1.807, 2.05) is 26.8 Å². The third kappa shape index (κ3) is 4.17. The summed E-state index contributed by atoms with van der Waals surface area (Å²) in [7, 11) is 0. The second-order valence-electron chi connectivity index (χ2n) is 5.54. The molecular formula is C18H18N2O3S. The Morgan fingerprint density at radius 2 is 1.54 bits per heavy atom. The van der Waals surface area contributed by atoms with Crippen molar-refractivity contribution in [1.29, 1.82) is 0 Å². The Balaban J connectivity index is 2.10. The first-order valence-electron chi connectivity index (χ1n) is 7.31. The Hall–Kier alpha value is -2.73. The van der Waals surface area contributed by atoms with Crippen molar-refractivity contribution in [3.05, 3.63) is 64.2 Å². The molecule has 0 aliphatic rings. The lowest BCUT2D eigenvalue weighted by Gasteiger charge is -2.13. The molecule has 0 atom stereocenters. The van der Waals surface area contributed by atoms with Gasteiger partial charge in [0.05, 0.1) is 5.56 Å². The molecule has 0 unspecified atom stereocenters. The predicted molar refractivity (Wildman–Crippen MR) is 97.7 cm³/mol. The van der Waals surface area contributed by atoms with Gasteiger partial charge in [0, 0.05) is 11.3 Å². The number of rotatable bonds is 3. The zero-order valence-electron chi connectivity index (χ0n) is 13.6. The molecule has 24 heavy (non-hydrogen) atoms. The number of thiocarbonyl (C=S) groups is 1. The minimum absolute atomic E-state index is 0.115. The van der Waals surface area contributed by atoms with Crippen LogP contribution in [0.2, 0.25) is 0 Å². The number of carbonyl (C=O) groups excluding carboxylic acids is 1. The van der Waals surface area contributed by atoms with Gasteiger partial charge in [-0.15, -0.1) is 0 Å². The largest absolute Gasteiger partial charge is 0.478 e. The summed E-state index contributed by atoms with van der Waals surface area (Å²) in [5, 5.41) is 14.6. The molecule has 0 saturated heterocycles. The standard InChI is InChI=1S/C18H18N2O3S/c1-10-4-6-13(8-12(10)3)16(21)20-18(24)19-15-9-14(17(22)23)7-5-11(15)2/h4-9H,1-3H3,(H,22,23)(H2,19,20,21,24). The first-order chi connectivity index (χ1) is 11.3. The SMILES string of the molecule is Cc1ccc(C(=O)NC(=S)Nc2cc(C(=O)O)ccc2C)cc1C. The van der Waals surface area contributed by atoms with Crippen molar-refractivity contribution in [3.63, 3.8) is 0 Å². The molecule has 0 heterocycles. The maximum Gasteiger partial charge on any atom is 0.335 e. The lowest BCUT2D eigenvalue weighted by atomic mass is 10.1. The van der Waals surface area contributed by atoms with Gasteiger partial charge >= 0.3 is 5.97 Å². The van der Waals surface area contributed by atoms with Gasteiger partial charge in [-0.2, -0.15) is 0 Å². The number of aromatic carboxylic acids is 1. The Bertz CT molecular complexity index is 831. The molecule has 0 aliphatic carbocycles. The highest BCUT2D eigenvalue weighted by Crippen LogP contribution is 2.17. The maximum absolute atomic E-state index is 12.2. The fourth-order valence-corrected chi connectivity index (χ4v) is 2.30. The van der Waals surface area contributed by atoms with Crippen LogP contribution in [-0.4, -0.2) is 22.1 Å². The van der Waals surface area contributed by atoms with Crippen LogP contribution in [-0.2, 0) is 0 Å². The number of aryl methyl sites for hydroxylation is 3. The summed E-state index contributed by atoms with van der Waals surface area (Å²) in [5.74, 6) is -1.34. The molecule has 3 N–H and O–H groups in total. The van der Waals surface area contributed by atoms with Gasteiger partial charge in [0.15, 0.2) is 5.11 Å². The molecule has 124 valence electrons. The first-order valence-corrected chi connectivity index (χ1v) is 7.72. The highest BCUT2D eigenvalue weighted by Gasteiger charge is 2.11. The highest BCUT2D eigenvalue weighted by atomic mass is 32.1. The molecule has 0 aliphatic heterocycles. The summed E-state index contributed by atoms with van der Waals surface area (Å²) in [4.78, 5) is 23.3. The second-order valence-corrected chi connectivity index (χ2v) is 5.95. The van der Waals surface area contributed by atoms with Crippen LogP contribution < -0.4 is 10.6 Å². The number of carboxylic acid groups (broad SMARTS) is 1. The number of anilines is 1. The molecule has 6 heteroatoms. The fourth-order valence-electron chi connectivity index (χ4n) is 2.10. The zero-order valence-corrected chi connectivity index (χ0v) is 14.5. The van der Waals surface area contributed by atoms with Crippen LogP contribution in [0.25, 0.3) is 0 Å². The van der Waals surface area contributed by atoms with E-state index < -0.39 is 5.97 Å². The molecule has 2 aromatic carbocycles. The van der Waals surface area contributed by atoms with E-state index in [1.54, 1.807) is 18.2 Å². The number of carboxylic acids is 1. The number of carbonyl (C=O) groups is 2. The quantitative estimate of drug-likeness (QED) is 0.745. The second kappa shape index (κ2) is 7.23. The van der Waals surface area contributed by atoms with Gasteiger partial charge < -0.3 is 10.4 Å². The van der Waals surface area contributed by atoms with Crippen molar-refractivity contribution < 1.29 is 14.7 Å². The summed E-state index contributed by atoms with van der Waals surface area (Å²) >= 11 is 5.15. The van der Waals surface area contributed by atoms with E-state index in [4.69, 9.17) is 17.3 Å². The van der Waals surface area contributed by atoms with Gasteiger partial charge in [-0.05, 0) is 73.9 Å². The van der Waals surface area contributed by atoms with Crippen molar-refractivity contribution in [2.75, 3.05) is 5.32 Å². The minimum Gasteiger partial charge on any atom is -0.478 e. The van der Waals surface area contributed by atoms with Crippen molar-refractivity contribution in [2.45, 2.75) is 20.8 Å². The van der Waals surface area contributed by atoms with Gasteiger partial charge in [-0.1, -0.05) is 12.1 Å². The smallest absolute Gasteiger partial charge is 0.335 e. The van der Waals surface area contributed by atoms with E-state index in [0.29, 0.717) is 11.3 Å². The topological polar surface area (TPSA) is 78.4 Å². The Morgan fingerprint density at radius 3 is 2.17 bits per heavy atom. The van der Waals surface area contributed by atoms with E-state index in [0.717, 1.165) is 16.7 Å². The summed E-state index contributed by atoms with van der Waals surface area (Å²) in [6.07, 6.45) is 0. The van der Waals surface area contributed by atoms with E-state index in [2.05, 4.69) is 10.6 Å². The summed E-state index contributed by atoms with van der Waals surface area (Å²) in [6.45, 7) is 5.73. The van der Waals surface area contributed by atoms with Crippen molar-refractivity contribution in [3.8, 4) is 0 Å². The molecule has 2 rings (SSSR count). The lowest BCUT2D eigenvalue weighted by molar-refractivity contribution is 0.0696. The molecule has 0 saturated carbocycles. The first kappa shape index (κ1) is 17.6. The van der Waals surface area contributed by atoms with Crippen LogP contribution >= 0.6 is 12.2 Å². The number of benzene rings is 2. The normalized spacial score (nSPS) is 10.1. The molecule has 0 aromatic heterocycles. The average Bonchev–Trinajstić information content (AvgIpc) is 2.51. The maximum atomic E-state index is 12.2. The molecule has 5 nitrogen and oxygen atoms in total. The van der Waals surface area contributed by atoms with Gasteiger partial charge in [0.2, 0.25) is 0 Å². The minimum atomic E-state index is -1.02. The van der Waals surface area contributed by atoms with Crippen LogP contribution in [0, 0.1) is 20.8 Å². The van der Waals surface area contributed by atoms with E-state index in [1.165, 1.54) is 12.1 Å². The van der Waals surface area contributed by atoms with Gasteiger partial charge in [0.1, 0.15) is 0 Å². The Morgan fingerprint density at radius 1 is 0.917 bits per heavy atom. The Labute approximate surface area is 145 Å². The molecule has 0 radical (unpaired) electrons.